The zero-order valence-electron chi connectivity index (χ0n) is 6.85. The third-order valence-electron chi connectivity index (χ3n) is 3.19. The molecule has 12 heavy (non-hydrogen) atoms. The third kappa shape index (κ3) is 0.673. The van der Waals surface area contributed by atoms with Crippen LogP contribution in [-0.4, -0.2) is 24.4 Å². The van der Waals surface area contributed by atoms with Crippen LogP contribution in [0.15, 0.2) is 25.3 Å². The third-order valence-corrected chi connectivity index (χ3v) is 3.19. The molecule has 6 unspecified atom stereocenters. The predicted molar refractivity (Wildman–Crippen MR) is 44.7 cm³/mol. The molecule has 2 heterocycles. The fourth-order valence-corrected chi connectivity index (χ4v) is 2.44. The van der Waals surface area contributed by atoms with Crippen LogP contribution < -0.4 is 0 Å². The van der Waals surface area contributed by atoms with Crippen molar-refractivity contribution in [1.29, 1.82) is 0 Å². The molecule has 64 valence electrons. The van der Waals surface area contributed by atoms with E-state index in [0.29, 0.717) is 36.3 Å². The Bertz CT molecular complexity index is 222. The smallest absolute Gasteiger partial charge is 0.113 e. The molecule has 0 radical (unpaired) electrons. The second kappa shape index (κ2) is 2.01. The molecule has 0 aromatic heterocycles. The Hall–Kier alpha value is -0.600. The molecule has 3 aliphatic rings. The van der Waals surface area contributed by atoms with Crippen molar-refractivity contribution in [1.82, 2.24) is 0 Å². The number of fused-ring (bicyclic) bond motifs is 3. The van der Waals surface area contributed by atoms with Gasteiger partial charge in [0.25, 0.3) is 0 Å². The zero-order valence-corrected chi connectivity index (χ0v) is 6.85. The maximum atomic E-state index is 5.52. The largest absolute Gasteiger partial charge is 0.366 e. The minimum Gasteiger partial charge on any atom is -0.366 e. The van der Waals surface area contributed by atoms with E-state index in [0.717, 1.165) is 0 Å². The van der Waals surface area contributed by atoms with Gasteiger partial charge in [0, 0.05) is 11.8 Å². The van der Waals surface area contributed by atoms with E-state index in [4.69, 9.17) is 9.47 Å². The minimum absolute atomic E-state index is 0.370. The van der Waals surface area contributed by atoms with Crippen molar-refractivity contribution in [3.63, 3.8) is 0 Å². The molecule has 2 heteroatoms. The molecule has 2 saturated heterocycles. The molecule has 3 fully saturated rings. The lowest BCUT2D eigenvalue weighted by Gasteiger charge is -2.20. The fourth-order valence-electron chi connectivity index (χ4n) is 2.44. The summed E-state index contributed by atoms with van der Waals surface area (Å²) in [5, 5.41) is 0. The quantitative estimate of drug-likeness (QED) is 0.451. The van der Waals surface area contributed by atoms with Crippen molar-refractivity contribution in [3.8, 4) is 0 Å². The lowest BCUT2D eigenvalue weighted by Crippen LogP contribution is -2.30. The molecule has 0 amide bonds. The lowest BCUT2D eigenvalue weighted by atomic mass is 9.79. The average molecular weight is 164 g/mol. The van der Waals surface area contributed by atoms with Crippen molar-refractivity contribution in [2.24, 2.45) is 11.8 Å². The summed E-state index contributed by atoms with van der Waals surface area (Å²) in [4.78, 5) is 0. The molecule has 0 bridgehead atoms. The molecule has 0 N–H and O–H groups in total. The molecule has 2 aliphatic heterocycles. The zero-order chi connectivity index (χ0) is 8.29. The van der Waals surface area contributed by atoms with Crippen LogP contribution in [0.1, 0.15) is 0 Å². The number of rotatable bonds is 2. The first kappa shape index (κ1) is 6.87. The van der Waals surface area contributed by atoms with E-state index in [-0.39, 0.29) is 0 Å². The Kier molecular flexibility index (Phi) is 1.15. The minimum atomic E-state index is 0.370. The van der Waals surface area contributed by atoms with Gasteiger partial charge < -0.3 is 9.47 Å². The van der Waals surface area contributed by atoms with Crippen molar-refractivity contribution in [3.05, 3.63) is 25.3 Å². The molecule has 3 rings (SSSR count). The monoisotopic (exact) mass is 164 g/mol. The molecular weight excluding hydrogens is 152 g/mol. The van der Waals surface area contributed by atoms with Crippen LogP contribution in [-0.2, 0) is 9.47 Å². The van der Waals surface area contributed by atoms with Crippen molar-refractivity contribution < 1.29 is 9.47 Å². The maximum absolute atomic E-state index is 5.52. The highest BCUT2D eigenvalue weighted by atomic mass is 16.7. The van der Waals surface area contributed by atoms with Gasteiger partial charge in [0.05, 0.1) is 12.2 Å². The van der Waals surface area contributed by atoms with Crippen LogP contribution in [0, 0.1) is 11.8 Å². The van der Waals surface area contributed by atoms with Gasteiger partial charge in [-0.3, -0.25) is 0 Å². The van der Waals surface area contributed by atoms with E-state index in [1.807, 2.05) is 12.2 Å². The average Bonchev–Trinajstić information content (AvgIpc) is 2.90. The Morgan fingerprint density at radius 3 is 1.50 bits per heavy atom. The number of hydrogen-bond donors (Lipinski definition) is 0. The lowest BCUT2D eigenvalue weighted by molar-refractivity contribution is 0.248. The standard InChI is InChI=1S/C10H12O2/c1-3-5-6(4-2)8-10(12-8)9-7(5)11-9/h3-10H,1-2H2. The van der Waals surface area contributed by atoms with E-state index in [2.05, 4.69) is 13.2 Å². The highest BCUT2D eigenvalue weighted by Crippen LogP contribution is 2.54. The van der Waals surface area contributed by atoms with Gasteiger partial charge in [-0.1, -0.05) is 12.2 Å². The Morgan fingerprint density at radius 1 is 0.750 bits per heavy atom. The Balaban J connectivity index is 1.90. The Morgan fingerprint density at radius 2 is 1.17 bits per heavy atom. The number of epoxide rings is 2. The summed E-state index contributed by atoms with van der Waals surface area (Å²) in [7, 11) is 0. The number of hydrogen-bond acceptors (Lipinski definition) is 2. The van der Waals surface area contributed by atoms with Gasteiger partial charge in [0.1, 0.15) is 12.2 Å². The maximum Gasteiger partial charge on any atom is 0.113 e. The van der Waals surface area contributed by atoms with E-state index in [1.54, 1.807) is 0 Å². The molecule has 1 saturated carbocycles. The first-order chi connectivity index (χ1) is 5.86. The number of ether oxygens (including phenoxy) is 2. The molecule has 0 aromatic carbocycles. The molecule has 0 spiro atoms. The summed E-state index contributed by atoms with van der Waals surface area (Å²) >= 11 is 0. The van der Waals surface area contributed by atoms with Gasteiger partial charge in [-0.05, 0) is 0 Å². The topological polar surface area (TPSA) is 25.1 Å². The predicted octanol–water partition coefficient (Wildman–Crippen LogP) is 1.14. The van der Waals surface area contributed by atoms with E-state index in [9.17, 15) is 0 Å². The van der Waals surface area contributed by atoms with E-state index >= 15 is 0 Å². The van der Waals surface area contributed by atoms with Gasteiger partial charge in [-0.15, -0.1) is 13.2 Å². The second-order valence-corrected chi connectivity index (χ2v) is 3.76. The summed E-state index contributed by atoms with van der Waals surface area (Å²) in [5.41, 5.74) is 0. The molecule has 0 aromatic rings. The highest BCUT2D eigenvalue weighted by molar-refractivity contribution is 5.20. The van der Waals surface area contributed by atoms with Gasteiger partial charge in [-0.2, -0.15) is 0 Å². The summed E-state index contributed by atoms with van der Waals surface area (Å²) in [6.07, 6.45) is 5.44. The van der Waals surface area contributed by atoms with Crippen LogP contribution in [0.2, 0.25) is 0 Å². The van der Waals surface area contributed by atoms with Crippen LogP contribution in [0.4, 0.5) is 0 Å². The van der Waals surface area contributed by atoms with Crippen molar-refractivity contribution in [2.45, 2.75) is 24.4 Å². The normalized spacial score (nSPS) is 59.7. The second-order valence-electron chi connectivity index (χ2n) is 3.76. The van der Waals surface area contributed by atoms with Gasteiger partial charge >= 0.3 is 0 Å². The van der Waals surface area contributed by atoms with Crippen LogP contribution in [0.25, 0.3) is 0 Å². The van der Waals surface area contributed by atoms with Gasteiger partial charge in [0.15, 0.2) is 0 Å². The van der Waals surface area contributed by atoms with Gasteiger partial charge in [0.2, 0.25) is 0 Å². The highest BCUT2D eigenvalue weighted by Gasteiger charge is 2.67. The molecule has 1 aliphatic carbocycles. The van der Waals surface area contributed by atoms with E-state index in [1.165, 1.54) is 0 Å². The summed E-state index contributed by atoms with van der Waals surface area (Å²) in [5.74, 6) is 0.854. The Labute approximate surface area is 71.9 Å². The molecule has 6 atom stereocenters. The van der Waals surface area contributed by atoms with Crippen LogP contribution in [0.5, 0.6) is 0 Å². The van der Waals surface area contributed by atoms with Crippen molar-refractivity contribution in [2.75, 3.05) is 0 Å². The first-order valence-electron chi connectivity index (χ1n) is 4.43. The summed E-state index contributed by atoms with van der Waals surface area (Å²) in [6.45, 7) is 7.66. The summed E-state index contributed by atoms with van der Waals surface area (Å²) in [6, 6.07) is 0. The molecule has 2 nitrogen and oxygen atoms in total. The first-order valence-corrected chi connectivity index (χ1v) is 4.43. The van der Waals surface area contributed by atoms with Gasteiger partial charge in [-0.25, -0.2) is 0 Å². The fraction of sp³-hybridized carbons (Fsp3) is 0.600. The van der Waals surface area contributed by atoms with Crippen molar-refractivity contribution >= 4 is 0 Å². The summed E-state index contributed by atoms with van der Waals surface area (Å²) < 4.78 is 11.0. The van der Waals surface area contributed by atoms with E-state index < -0.39 is 0 Å². The van der Waals surface area contributed by atoms with Crippen LogP contribution in [0.3, 0.4) is 0 Å². The van der Waals surface area contributed by atoms with Crippen LogP contribution >= 0.6 is 0 Å². The molecular formula is C10H12O2. The SMILES string of the molecule is C=CC1C(C=C)C2OC2C2OC12.